The molecule has 0 atom stereocenters. The second kappa shape index (κ2) is 7.70. The Kier molecular flexibility index (Phi) is 5.61. The van der Waals surface area contributed by atoms with Gasteiger partial charge in [-0.25, -0.2) is 4.68 Å². The number of thioether (sulfide) groups is 2. The normalized spacial score (nSPS) is 11.0. The molecule has 0 bridgehead atoms. The second-order valence-corrected chi connectivity index (χ2v) is 7.60. The smallest absolute Gasteiger partial charge is 0.210 e. The van der Waals surface area contributed by atoms with Gasteiger partial charge in [-0.05, 0) is 42.2 Å². The van der Waals surface area contributed by atoms with Crippen molar-refractivity contribution in [1.82, 2.24) is 14.9 Å². The summed E-state index contributed by atoms with van der Waals surface area (Å²) in [5.74, 6) is 7.40. The van der Waals surface area contributed by atoms with E-state index in [0.29, 0.717) is 26.6 Å². The molecule has 0 aliphatic rings. The van der Waals surface area contributed by atoms with Crippen molar-refractivity contribution in [2.24, 2.45) is 0 Å². The van der Waals surface area contributed by atoms with E-state index in [2.05, 4.69) is 40.7 Å². The molecule has 1 heterocycles. The first-order chi connectivity index (χ1) is 11.6. The highest BCUT2D eigenvalue weighted by Crippen LogP contribution is 2.31. The molecule has 0 fully saturated rings. The van der Waals surface area contributed by atoms with Crippen LogP contribution in [0.25, 0.3) is 11.4 Å². The second-order valence-electron chi connectivity index (χ2n) is 4.94. The summed E-state index contributed by atoms with van der Waals surface area (Å²) in [7, 11) is 0. The fourth-order valence-electron chi connectivity index (χ4n) is 2.10. The number of hydrogen-bond donors (Lipinski definition) is 1. The number of nitrogen functional groups attached to an aromatic ring is 1. The molecular weight excluding hydrogens is 383 g/mol. The third kappa shape index (κ3) is 3.83. The first-order valence-electron chi connectivity index (χ1n) is 7.00. The largest absolute Gasteiger partial charge is 0.335 e. The van der Waals surface area contributed by atoms with E-state index in [0.717, 1.165) is 5.75 Å². The van der Waals surface area contributed by atoms with Gasteiger partial charge in [-0.3, -0.25) is 0 Å². The predicted molar refractivity (Wildman–Crippen MR) is 103 cm³/mol. The molecule has 0 saturated heterocycles. The van der Waals surface area contributed by atoms with Gasteiger partial charge >= 0.3 is 0 Å². The van der Waals surface area contributed by atoms with Crippen molar-refractivity contribution < 1.29 is 0 Å². The van der Waals surface area contributed by atoms with E-state index in [9.17, 15) is 0 Å². The number of aromatic nitrogens is 3. The van der Waals surface area contributed by atoms with Crippen LogP contribution in [0.3, 0.4) is 0 Å². The summed E-state index contributed by atoms with van der Waals surface area (Å²) in [4.78, 5) is 1.24. The summed E-state index contributed by atoms with van der Waals surface area (Å²) in [5.41, 5.74) is 1.90. The van der Waals surface area contributed by atoms with E-state index in [4.69, 9.17) is 29.0 Å². The van der Waals surface area contributed by atoms with Gasteiger partial charge in [-0.2, -0.15) is 0 Å². The Bertz CT molecular complexity index is 850. The Morgan fingerprint density at radius 2 is 1.83 bits per heavy atom. The van der Waals surface area contributed by atoms with Crippen LogP contribution in [0.2, 0.25) is 10.0 Å². The fourth-order valence-corrected chi connectivity index (χ4v) is 3.81. The quantitative estimate of drug-likeness (QED) is 0.486. The highest BCUT2D eigenvalue weighted by atomic mass is 35.5. The zero-order valence-corrected chi connectivity index (χ0v) is 15.9. The van der Waals surface area contributed by atoms with Crippen molar-refractivity contribution in [1.29, 1.82) is 0 Å². The summed E-state index contributed by atoms with van der Waals surface area (Å²) in [6.07, 6.45) is 2.06. The van der Waals surface area contributed by atoms with Crippen LogP contribution in [-0.2, 0) is 5.75 Å². The van der Waals surface area contributed by atoms with E-state index >= 15 is 0 Å². The molecule has 24 heavy (non-hydrogen) atoms. The van der Waals surface area contributed by atoms with Crippen molar-refractivity contribution in [2.75, 3.05) is 12.1 Å². The van der Waals surface area contributed by atoms with Gasteiger partial charge in [0.1, 0.15) is 0 Å². The third-order valence-corrected chi connectivity index (χ3v) is 5.67. The van der Waals surface area contributed by atoms with Gasteiger partial charge in [-0.15, -0.1) is 22.0 Å². The SMILES string of the molecule is CSc1ccc(CSc2nnc(-c3ccc(Cl)cc3Cl)n2N)cc1. The first kappa shape index (κ1) is 17.5. The number of rotatable bonds is 5. The molecule has 2 aromatic carbocycles. The average Bonchev–Trinajstić information content (AvgIpc) is 2.94. The fraction of sp³-hybridized carbons (Fsp3) is 0.125. The van der Waals surface area contributed by atoms with Gasteiger partial charge in [0.15, 0.2) is 5.82 Å². The summed E-state index contributed by atoms with van der Waals surface area (Å²) in [5, 5.41) is 10.00. The molecule has 0 spiro atoms. The van der Waals surface area contributed by atoms with Crippen LogP contribution >= 0.6 is 46.7 Å². The third-order valence-electron chi connectivity index (χ3n) is 3.36. The molecular formula is C16H14Cl2N4S2. The Hall–Kier alpha value is -1.34. The predicted octanol–water partition coefficient (Wildman–Crippen LogP) is 4.98. The zero-order chi connectivity index (χ0) is 17.1. The van der Waals surface area contributed by atoms with Crippen LogP contribution in [0.1, 0.15) is 5.56 Å². The molecule has 0 aliphatic heterocycles. The van der Waals surface area contributed by atoms with E-state index in [-0.39, 0.29) is 0 Å². The molecule has 1 aromatic heterocycles. The monoisotopic (exact) mass is 396 g/mol. The Morgan fingerprint density at radius 1 is 1.08 bits per heavy atom. The van der Waals surface area contributed by atoms with E-state index in [1.807, 2.05) is 0 Å². The topological polar surface area (TPSA) is 56.7 Å². The van der Waals surface area contributed by atoms with Crippen LogP contribution < -0.4 is 5.84 Å². The number of nitrogens with zero attached hydrogens (tertiary/aromatic N) is 3. The molecule has 8 heteroatoms. The Balaban J connectivity index is 1.77. The Labute approximate surface area is 158 Å². The van der Waals surface area contributed by atoms with Crippen molar-refractivity contribution in [3.05, 3.63) is 58.1 Å². The van der Waals surface area contributed by atoms with Crippen molar-refractivity contribution in [3.63, 3.8) is 0 Å². The van der Waals surface area contributed by atoms with Crippen molar-refractivity contribution >= 4 is 46.7 Å². The number of benzene rings is 2. The van der Waals surface area contributed by atoms with Gasteiger partial charge in [0.05, 0.1) is 5.02 Å². The highest BCUT2D eigenvalue weighted by Gasteiger charge is 2.15. The van der Waals surface area contributed by atoms with Crippen molar-refractivity contribution in [3.8, 4) is 11.4 Å². The van der Waals surface area contributed by atoms with E-state index < -0.39 is 0 Å². The van der Waals surface area contributed by atoms with Gasteiger partial charge in [0.2, 0.25) is 5.16 Å². The highest BCUT2D eigenvalue weighted by molar-refractivity contribution is 7.98. The first-order valence-corrected chi connectivity index (χ1v) is 9.96. The maximum Gasteiger partial charge on any atom is 0.210 e. The summed E-state index contributed by atoms with van der Waals surface area (Å²) < 4.78 is 1.45. The van der Waals surface area contributed by atoms with Crippen LogP contribution in [0.15, 0.2) is 52.5 Å². The number of halogens is 2. The van der Waals surface area contributed by atoms with Crippen LogP contribution in [0.4, 0.5) is 0 Å². The maximum absolute atomic E-state index is 6.22. The Morgan fingerprint density at radius 3 is 2.50 bits per heavy atom. The minimum absolute atomic E-state index is 0.491. The molecule has 0 amide bonds. The molecule has 3 aromatic rings. The van der Waals surface area contributed by atoms with Gasteiger partial charge in [0, 0.05) is 21.2 Å². The lowest BCUT2D eigenvalue weighted by Gasteiger charge is -2.06. The van der Waals surface area contributed by atoms with Gasteiger partial charge in [0.25, 0.3) is 0 Å². The van der Waals surface area contributed by atoms with E-state index in [1.54, 1.807) is 30.0 Å². The lowest BCUT2D eigenvalue weighted by molar-refractivity contribution is 0.849. The van der Waals surface area contributed by atoms with Crippen LogP contribution in [0.5, 0.6) is 0 Å². The lowest BCUT2D eigenvalue weighted by Crippen LogP contribution is -2.11. The molecule has 0 unspecified atom stereocenters. The minimum Gasteiger partial charge on any atom is -0.335 e. The van der Waals surface area contributed by atoms with Crippen LogP contribution in [0, 0.1) is 0 Å². The molecule has 4 nitrogen and oxygen atoms in total. The average molecular weight is 397 g/mol. The lowest BCUT2D eigenvalue weighted by atomic mass is 10.2. The molecule has 0 saturated carbocycles. The number of hydrogen-bond acceptors (Lipinski definition) is 5. The van der Waals surface area contributed by atoms with Gasteiger partial charge in [-0.1, -0.05) is 47.1 Å². The summed E-state index contributed by atoms with van der Waals surface area (Å²) in [6.45, 7) is 0. The van der Waals surface area contributed by atoms with Gasteiger partial charge < -0.3 is 5.84 Å². The molecule has 124 valence electrons. The summed E-state index contributed by atoms with van der Waals surface area (Å²) >= 11 is 15.4. The minimum atomic E-state index is 0.491. The number of nitrogens with two attached hydrogens (primary N) is 1. The van der Waals surface area contributed by atoms with Crippen molar-refractivity contribution in [2.45, 2.75) is 15.8 Å². The zero-order valence-electron chi connectivity index (χ0n) is 12.7. The summed E-state index contributed by atoms with van der Waals surface area (Å²) in [6, 6.07) is 13.6. The molecule has 2 N–H and O–H groups in total. The standard InChI is InChI=1S/C16H14Cl2N4S2/c1-23-12-5-2-10(3-6-12)9-24-16-21-20-15(22(16)19)13-7-4-11(17)8-14(13)18/h2-8H,9,19H2,1H3. The maximum atomic E-state index is 6.22. The molecule has 0 aliphatic carbocycles. The van der Waals surface area contributed by atoms with Crippen LogP contribution in [-0.4, -0.2) is 21.1 Å². The molecule has 3 rings (SSSR count). The molecule has 0 radical (unpaired) electrons. The van der Waals surface area contributed by atoms with E-state index in [1.165, 1.54) is 26.9 Å².